The Kier molecular flexibility index (Phi) is 6.29. The highest BCUT2D eigenvalue weighted by atomic mass is 35.5. The molecule has 3 rings (SSSR count). The van der Waals surface area contributed by atoms with Crippen molar-refractivity contribution in [3.8, 4) is 5.69 Å². The topological polar surface area (TPSA) is 113 Å². The first-order valence-electron chi connectivity index (χ1n) is 7.34. The number of carboxylic acid groups (broad SMARTS) is 1. The fraction of sp³-hybridized carbons (Fsp3) is 0.357. The van der Waals surface area contributed by atoms with E-state index in [1.54, 1.807) is 23.1 Å². The van der Waals surface area contributed by atoms with Gasteiger partial charge in [0.2, 0.25) is 5.91 Å². The fourth-order valence-corrected chi connectivity index (χ4v) is 2.87. The molecule has 0 spiro atoms. The van der Waals surface area contributed by atoms with Gasteiger partial charge in [-0.2, -0.15) is 0 Å². The van der Waals surface area contributed by atoms with E-state index in [1.165, 1.54) is 11.0 Å². The smallest absolute Gasteiger partial charge is 0.320 e. The van der Waals surface area contributed by atoms with Gasteiger partial charge >= 0.3 is 5.97 Å². The summed E-state index contributed by atoms with van der Waals surface area (Å²) in [6.07, 6.45) is 2.74. The molecule has 11 heteroatoms. The number of likely N-dealkylation sites (tertiary alicyclic amines) is 1. The normalized spacial score (nSPS) is 17.1. The van der Waals surface area contributed by atoms with Gasteiger partial charge in [-0.3, -0.25) is 14.5 Å². The number of tetrazole rings is 1. The minimum absolute atomic E-state index is 0. The Morgan fingerprint density at radius 2 is 2.20 bits per heavy atom. The summed E-state index contributed by atoms with van der Waals surface area (Å²) in [4.78, 5) is 25.1. The number of nitrogens with zero attached hydrogens (tertiary/aromatic N) is 5. The average Bonchev–Trinajstić information content (AvgIpc) is 3.20. The van der Waals surface area contributed by atoms with Gasteiger partial charge in [-0.05, 0) is 48.0 Å². The van der Waals surface area contributed by atoms with Crippen molar-refractivity contribution in [1.82, 2.24) is 25.1 Å². The molecule has 1 aromatic heterocycles. The third kappa shape index (κ3) is 4.44. The van der Waals surface area contributed by atoms with Crippen LogP contribution in [-0.2, 0) is 9.59 Å². The van der Waals surface area contributed by atoms with E-state index in [0.29, 0.717) is 29.4 Å². The number of hydrogen-bond acceptors (Lipinski definition) is 6. The standard InChI is InChI=1S/C14H15ClN6O3.ClH/c15-10-4-3-9(21-8-16-18-19-21)6-11(10)17-13(22)7-20-5-1-2-12(20)14(23)24;/h3-4,6,8,12H,1-2,5,7H2,(H,17,22)(H,23,24);1H. The summed E-state index contributed by atoms with van der Waals surface area (Å²) < 4.78 is 1.44. The molecule has 2 heterocycles. The molecule has 0 bridgehead atoms. The van der Waals surface area contributed by atoms with Crippen molar-refractivity contribution in [1.29, 1.82) is 0 Å². The van der Waals surface area contributed by atoms with Gasteiger partial charge in [-0.1, -0.05) is 11.6 Å². The minimum atomic E-state index is -0.904. The molecule has 1 fully saturated rings. The van der Waals surface area contributed by atoms with Crippen molar-refractivity contribution in [2.24, 2.45) is 0 Å². The van der Waals surface area contributed by atoms with E-state index in [2.05, 4.69) is 20.8 Å². The maximum Gasteiger partial charge on any atom is 0.320 e. The molecule has 1 amide bonds. The van der Waals surface area contributed by atoms with Gasteiger partial charge < -0.3 is 10.4 Å². The lowest BCUT2D eigenvalue weighted by molar-refractivity contribution is -0.142. The van der Waals surface area contributed by atoms with Gasteiger partial charge in [0.05, 0.1) is 22.9 Å². The first-order chi connectivity index (χ1) is 11.5. The Balaban J connectivity index is 0.00000225. The molecular formula is C14H16Cl2N6O3. The molecule has 2 aromatic rings. The Morgan fingerprint density at radius 3 is 2.88 bits per heavy atom. The SMILES string of the molecule is Cl.O=C(CN1CCCC1C(=O)O)Nc1cc(-n2cnnn2)ccc1Cl. The highest BCUT2D eigenvalue weighted by Gasteiger charge is 2.31. The molecule has 9 nitrogen and oxygen atoms in total. The van der Waals surface area contributed by atoms with Crippen LogP contribution in [0, 0.1) is 0 Å². The Morgan fingerprint density at radius 1 is 1.40 bits per heavy atom. The summed E-state index contributed by atoms with van der Waals surface area (Å²) >= 11 is 6.11. The number of carbonyl (C=O) groups is 2. The van der Waals surface area contributed by atoms with Crippen LogP contribution in [0.2, 0.25) is 5.02 Å². The first kappa shape index (κ1) is 19.1. The molecule has 0 saturated carbocycles. The average molecular weight is 387 g/mol. The van der Waals surface area contributed by atoms with Gasteiger partial charge in [-0.25, -0.2) is 4.68 Å². The number of carboxylic acids is 1. The number of carbonyl (C=O) groups excluding carboxylic acids is 1. The van der Waals surface area contributed by atoms with Crippen LogP contribution in [0.25, 0.3) is 5.69 Å². The second kappa shape index (κ2) is 8.24. The maximum absolute atomic E-state index is 12.2. The number of halogens is 2. The molecular weight excluding hydrogens is 371 g/mol. The van der Waals surface area contributed by atoms with Crippen LogP contribution in [0.4, 0.5) is 5.69 Å². The number of anilines is 1. The van der Waals surface area contributed by atoms with Crippen LogP contribution in [0.1, 0.15) is 12.8 Å². The Labute approximate surface area is 154 Å². The summed E-state index contributed by atoms with van der Waals surface area (Å²) in [5.74, 6) is -1.22. The third-order valence-corrected chi connectivity index (χ3v) is 4.16. The fourth-order valence-electron chi connectivity index (χ4n) is 2.70. The number of amides is 1. The lowest BCUT2D eigenvalue weighted by Crippen LogP contribution is -2.40. The largest absolute Gasteiger partial charge is 0.480 e. The lowest BCUT2D eigenvalue weighted by atomic mass is 10.2. The number of nitrogens with one attached hydrogen (secondary N) is 1. The molecule has 134 valence electrons. The summed E-state index contributed by atoms with van der Waals surface area (Å²) in [6, 6.07) is 4.38. The minimum Gasteiger partial charge on any atom is -0.480 e. The van der Waals surface area contributed by atoms with E-state index in [1.807, 2.05) is 0 Å². The highest BCUT2D eigenvalue weighted by Crippen LogP contribution is 2.25. The summed E-state index contributed by atoms with van der Waals surface area (Å²) in [6.45, 7) is 0.588. The molecule has 25 heavy (non-hydrogen) atoms. The zero-order chi connectivity index (χ0) is 17.1. The predicted molar refractivity (Wildman–Crippen MR) is 92.3 cm³/mol. The molecule has 1 aromatic carbocycles. The van der Waals surface area contributed by atoms with E-state index in [9.17, 15) is 9.59 Å². The van der Waals surface area contributed by atoms with E-state index in [0.717, 1.165) is 6.42 Å². The number of aliphatic carboxylic acids is 1. The van der Waals surface area contributed by atoms with Crippen molar-refractivity contribution in [2.45, 2.75) is 18.9 Å². The molecule has 2 N–H and O–H groups in total. The van der Waals surface area contributed by atoms with Crippen molar-refractivity contribution in [3.05, 3.63) is 29.5 Å². The quantitative estimate of drug-likeness (QED) is 0.793. The zero-order valence-electron chi connectivity index (χ0n) is 13.0. The monoisotopic (exact) mass is 386 g/mol. The third-order valence-electron chi connectivity index (χ3n) is 3.83. The molecule has 1 atom stereocenters. The molecule has 1 aliphatic heterocycles. The molecule has 0 aliphatic carbocycles. The van der Waals surface area contributed by atoms with Crippen LogP contribution in [-0.4, -0.2) is 61.2 Å². The predicted octanol–water partition coefficient (Wildman–Crippen LogP) is 1.22. The van der Waals surface area contributed by atoms with Gasteiger partial charge in [0.25, 0.3) is 0 Å². The molecule has 1 unspecified atom stereocenters. The second-order valence-electron chi connectivity index (χ2n) is 5.43. The van der Waals surface area contributed by atoms with Crippen molar-refractivity contribution >= 4 is 41.6 Å². The van der Waals surface area contributed by atoms with Gasteiger partial charge in [0.1, 0.15) is 12.4 Å². The zero-order valence-corrected chi connectivity index (χ0v) is 14.6. The van der Waals surface area contributed by atoms with E-state index < -0.39 is 12.0 Å². The highest BCUT2D eigenvalue weighted by molar-refractivity contribution is 6.33. The second-order valence-corrected chi connectivity index (χ2v) is 5.84. The van der Waals surface area contributed by atoms with E-state index in [-0.39, 0.29) is 24.9 Å². The number of hydrogen-bond donors (Lipinski definition) is 2. The first-order valence-corrected chi connectivity index (χ1v) is 7.72. The number of rotatable bonds is 5. The molecule has 1 aliphatic rings. The van der Waals surface area contributed by atoms with E-state index >= 15 is 0 Å². The summed E-state index contributed by atoms with van der Waals surface area (Å²) in [7, 11) is 0. The van der Waals surface area contributed by atoms with Crippen LogP contribution >= 0.6 is 24.0 Å². The van der Waals surface area contributed by atoms with Crippen LogP contribution in [0.3, 0.4) is 0 Å². The maximum atomic E-state index is 12.2. The van der Waals surface area contributed by atoms with Gasteiger partial charge in [0.15, 0.2) is 0 Å². The van der Waals surface area contributed by atoms with Crippen molar-refractivity contribution in [3.63, 3.8) is 0 Å². The van der Waals surface area contributed by atoms with Crippen LogP contribution in [0.5, 0.6) is 0 Å². The molecule has 0 radical (unpaired) electrons. The number of aromatic nitrogens is 4. The molecule has 1 saturated heterocycles. The summed E-state index contributed by atoms with van der Waals surface area (Å²) in [5.41, 5.74) is 1.06. The Hall–Kier alpha value is -2.23. The van der Waals surface area contributed by atoms with Gasteiger partial charge in [0, 0.05) is 0 Å². The lowest BCUT2D eigenvalue weighted by Gasteiger charge is -2.20. The van der Waals surface area contributed by atoms with Crippen LogP contribution < -0.4 is 5.32 Å². The summed E-state index contributed by atoms with van der Waals surface area (Å²) in [5, 5.41) is 23.1. The Bertz CT molecular complexity index is 755. The number of benzene rings is 1. The van der Waals surface area contributed by atoms with Crippen molar-refractivity contribution in [2.75, 3.05) is 18.4 Å². The van der Waals surface area contributed by atoms with Crippen molar-refractivity contribution < 1.29 is 14.7 Å². The van der Waals surface area contributed by atoms with E-state index in [4.69, 9.17) is 16.7 Å². The van der Waals surface area contributed by atoms with Gasteiger partial charge in [-0.15, -0.1) is 17.5 Å². The van der Waals surface area contributed by atoms with Crippen LogP contribution in [0.15, 0.2) is 24.5 Å².